The second-order valence-corrected chi connectivity index (χ2v) is 5.36. The van der Waals surface area contributed by atoms with Crippen molar-refractivity contribution < 1.29 is 14.7 Å². The Morgan fingerprint density at radius 1 is 1.53 bits per heavy atom. The molecule has 0 bridgehead atoms. The number of hydrogen-bond acceptors (Lipinski definition) is 3. The molecule has 1 rings (SSSR count). The first-order valence-corrected chi connectivity index (χ1v) is 6.43. The van der Waals surface area contributed by atoms with Crippen LogP contribution < -0.4 is 0 Å². The summed E-state index contributed by atoms with van der Waals surface area (Å²) in [4.78, 5) is 24.8. The van der Waals surface area contributed by atoms with Gasteiger partial charge in [-0.25, -0.2) is 0 Å². The largest absolute Gasteiger partial charge is 0.481 e. The van der Waals surface area contributed by atoms with Gasteiger partial charge in [-0.2, -0.15) is 0 Å². The third kappa shape index (κ3) is 3.71. The molecule has 1 unspecified atom stereocenters. The molecule has 94 valence electrons. The molecule has 6 heteroatoms. The first-order chi connectivity index (χ1) is 7.95. The molecule has 0 saturated carbocycles. The highest BCUT2D eigenvalue weighted by Gasteiger charge is 2.22. The number of amides is 1. The molecule has 0 spiro atoms. The van der Waals surface area contributed by atoms with Crippen LogP contribution >= 0.6 is 22.9 Å². The van der Waals surface area contributed by atoms with Gasteiger partial charge in [0.1, 0.15) is 0 Å². The molecular formula is C11H14ClNO3S. The van der Waals surface area contributed by atoms with Gasteiger partial charge >= 0.3 is 5.97 Å². The van der Waals surface area contributed by atoms with Crippen molar-refractivity contribution in [3.8, 4) is 0 Å². The lowest BCUT2D eigenvalue weighted by atomic mass is 10.2. The minimum Gasteiger partial charge on any atom is -0.481 e. The van der Waals surface area contributed by atoms with E-state index in [1.807, 2.05) is 6.92 Å². The molecular weight excluding hydrogens is 262 g/mol. The van der Waals surface area contributed by atoms with Crippen molar-refractivity contribution in [1.29, 1.82) is 0 Å². The zero-order valence-corrected chi connectivity index (χ0v) is 11.2. The van der Waals surface area contributed by atoms with Crippen LogP contribution in [0.5, 0.6) is 0 Å². The summed E-state index contributed by atoms with van der Waals surface area (Å²) in [5, 5.41) is 8.73. The lowest BCUT2D eigenvalue weighted by Gasteiger charge is -2.26. The summed E-state index contributed by atoms with van der Waals surface area (Å²) < 4.78 is 0.551. The van der Waals surface area contributed by atoms with Gasteiger partial charge < -0.3 is 10.0 Å². The van der Waals surface area contributed by atoms with E-state index in [1.54, 1.807) is 19.1 Å². The molecule has 1 atom stereocenters. The Balaban J connectivity index is 2.80. The van der Waals surface area contributed by atoms with Gasteiger partial charge in [-0.1, -0.05) is 11.6 Å². The highest BCUT2D eigenvalue weighted by molar-refractivity contribution is 7.17. The Bertz CT molecular complexity index is 419. The number of carboxylic acid groups (broad SMARTS) is 1. The van der Waals surface area contributed by atoms with Crippen molar-refractivity contribution in [2.45, 2.75) is 26.3 Å². The molecule has 0 aliphatic carbocycles. The van der Waals surface area contributed by atoms with Crippen LogP contribution in [0.4, 0.5) is 0 Å². The molecule has 1 amide bonds. The summed E-state index contributed by atoms with van der Waals surface area (Å²) in [6.45, 7) is 4.03. The Morgan fingerprint density at radius 3 is 2.59 bits per heavy atom. The number of carbonyl (C=O) groups is 2. The summed E-state index contributed by atoms with van der Waals surface area (Å²) in [7, 11) is 0. The SMILES string of the molecule is CCN(C(=O)c1ccc(Cl)s1)C(C)CC(=O)O. The smallest absolute Gasteiger partial charge is 0.305 e. The molecule has 0 aromatic carbocycles. The predicted octanol–water partition coefficient (Wildman–Crippen LogP) is 2.73. The maximum atomic E-state index is 12.1. The number of aliphatic carboxylic acids is 1. The topological polar surface area (TPSA) is 57.6 Å². The summed E-state index contributed by atoms with van der Waals surface area (Å²) >= 11 is 6.97. The third-order valence-electron chi connectivity index (χ3n) is 2.39. The number of carbonyl (C=O) groups excluding carboxylic acids is 1. The van der Waals surface area contributed by atoms with Crippen molar-refractivity contribution >= 4 is 34.8 Å². The number of nitrogens with zero attached hydrogens (tertiary/aromatic N) is 1. The van der Waals surface area contributed by atoms with E-state index in [4.69, 9.17) is 16.7 Å². The van der Waals surface area contributed by atoms with Gasteiger partial charge in [0.25, 0.3) is 5.91 Å². The Kier molecular flexibility index (Phi) is 4.96. The molecule has 4 nitrogen and oxygen atoms in total. The highest BCUT2D eigenvalue weighted by Crippen LogP contribution is 2.23. The van der Waals surface area contributed by atoms with E-state index in [0.29, 0.717) is 15.8 Å². The molecule has 0 radical (unpaired) electrons. The standard InChI is InChI=1S/C11H14ClNO3S/c1-3-13(7(2)6-10(14)15)11(16)8-4-5-9(12)17-8/h4-5,7H,3,6H2,1-2H3,(H,14,15). The van der Waals surface area contributed by atoms with Crippen LogP contribution in [0.1, 0.15) is 29.9 Å². The van der Waals surface area contributed by atoms with Crippen LogP contribution in [0, 0.1) is 0 Å². The summed E-state index contributed by atoms with van der Waals surface area (Å²) in [5.41, 5.74) is 0. The quantitative estimate of drug-likeness (QED) is 0.899. The van der Waals surface area contributed by atoms with Crippen LogP contribution in [-0.2, 0) is 4.79 Å². The fourth-order valence-electron chi connectivity index (χ4n) is 1.59. The van der Waals surface area contributed by atoms with Crippen LogP contribution in [-0.4, -0.2) is 34.5 Å². The van der Waals surface area contributed by atoms with Crippen LogP contribution in [0.3, 0.4) is 0 Å². The molecule has 1 N–H and O–H groups in total. The fourth-order valence-corrected chi connectivity index (χ4v) is 2.59. The number of thiophene rings is 1. The molecule has 0 aliphatic heterocycles. The zero-order chi connectivity index (χ0) is 13.0. The van der Waals surface area contributed by atoms with Crippen molar-refractivity contribution in [1.82, 2.24) is 4.90 Å². The van der Waals surface area contributed by atoms with Crippen molar-refractivity contribution in [2.75, 3.05) is 6.54 Å². The third-order valence-corrected chi connectivity index (χ3v) is 3.61. The molecule has 1 aromatic heterocycles. The maximum absolute atomic E-state index is 12.1. The van der Waals surface area contributed by atoms with E-state index >= 15 is 0 Å². The number of carboxylic acids is 1. The monoisotopic (exact) mass is 275 g/mol. The number of rotatable bonds is 5. The maximum Gasteiger partial charge on any atom is 0.305 e. The summed E-state index contributed by atoms with van der Waals surface area (Å²) in [6.07, 6.45) is -0.0569. The second kappa shape index (κ2) is 6.02. The van der Waals surface area contributed by atoms with Gasteiger partial charge in [-0.05, 0) is 26.0 Å². The average molecular weight is 276 g/mol. The summed E-state index contributed by atoms with van der Waals surface area (Å²) in [5.74, 6) is -1.08. The van der Waals surface area contributed by atoms with Crippen LogP contribution in [0.15, 0.2) is 12.1 Å². The van der Waals surface area contributed by atoms with E-state index in [2.05, 4.69) is 0 Å². The minimum absolute atomic E-state index is 0.0569. The van der Waals surface area contributed by atoms with Gasteiger partial charge in [0.05, 0.1) is 15.6 Å². The fraction of sp³-hybridized carbons (Fsp3) is 0.455. The average Bonchev–Trinajstić information content (AvgIpc) is 2.64. The lowest BCUT2D eigenvalue weighted by molar-refractivity contribution is -0.138. The number of halogens is 1. The molecule has 0 aliphatic rings. The zero-order valence-electron chi connectivity index (χ0n) is 9.64. The van der Waals surface area contributed by atoms with Gasteiger partial charge in [0, 0.05) is 12.6 Å². The second-order valence-electron chi connectivity index (χ2n) is 3.64. The van der Waals surface area contributed by atoms with Crippen molar-refractivity contribution in [3.05, 3.63) is 21.3 Å². The molecule has 1 heterocycles. The van der Waals surface area contributed by atoms with Crippen LogP contribution in [0.25, 0.3) is 0 Å². The Morgan fingerprint density at radius 2 is 2.18 bits per heavy atom. The molecule has 1 aromatic rings. The first kappa shape index (κ1) is 14.0. The highest BCUT2D eigenvalue weighted by atomic mass is 35.5. The van der Waals surface area contributed by atoms with E-state index in [1.165, 1.54) is 16.2 Å². The van der Waals surface area contributed by atoms with E-state index in [0.717, 1.165) is 0 Å². The van der Waals surface area contributed by atoms with Crippen molar-refractivity contribution in [2.24, 2.45) is 0 Å². The normalized spacial score (nSPS) is 12.2. The van der Waals surface area contributed by atoms with E-state index < -0.39 is 5.97 Å². The predicted molar refractivity (Wildman–Crippen MR) is 67.8 cm³/mol. The minimum atomic E-state index is -0.909. The Labute approximate surface area is 109 Å². The molecule has 0 fully saturated rings. The summed E-state index contributed by atoms with van der Waals surface area (Å²) in [6, 6.07) is 2.99. The van der Waals surface area contributed by atoms with Crippen LogP contribution in [0.2, 0.25) is 4.34 Å². The lowest BCUT2D eigenvalue weighted by Crippen LogP contribution is -2.39. The van der Waals surface area contributed by atoms with Crippen molar-refractivity contribution in [3.63, 3.8) is 0 Å². The van der Waals surface area contributed by atoms with E-state index in [-0.39, 0.29) is 18.4 Å². The van der Waals surface area contributed by atoms with Gasteiger partial charge in [0.2, 0.25) is 0 Å². The first-order valence-electron chi connectivity index (χ1n) is 5.23. The molecule has 0 saturated heterocycles. The van der Waals surface area contributed by atoms with Gasteiger partial charge in [-0.3, -0.25) is 9.59 Å². The molecule has 17 heavy (non-hydrogen) atoms. The van der Waals surface area contributed by atoms with Gasteiger partial charge in [-0.15, -0.1) is 11.3 Å². The Hall–Kier alpha value is -1.07. The number of hydrogen-bond donors (Lipinski definition) is 1. The van der Waals surface area contributed by atoms with Gasteiger partial charge in [0.15, 0.2) is 0 Å². The van der Waals surface area contributed by atoms with E-state index in [9.17, 15) is 9.59 Å².